The van der Waals surface area contributed by atoms with E-state index >= 15 is 0 Å². The number of nitrogens with zero attached hydrogens (tertiary/aromatic N) is 1. The number of nitrogens with two attached hydrogens (primary N) is 1. The van der Waals surface area contributed by atoms with E-state index in [0.717, 1.165) is 25.7 Å². The fourth-order valence-corrected chi connectivity index (χ4v) is 4.80. The Balaban J connectivity index is 2.38. The lowest BCUT2D eigenvalue weighted by atomic mass is 10.2. The van der Waals surface area contributed by atoms with Crippen LogP contribution in [0, 0.1) is 5.92 Å². The molecule has 20 heavy (non-hydrogen) atoms. The number of sulfonamides is 1. The summed E-state index contributed by atoms with van der Waals surface area (Å²) in [5.41, 5.74) is 6.20. The van der Waals surface area contributed by atoms with Gasteiger partial charge in [0, 0.05) is 12.6 Å². The van der Waals surface area contributed by atoms with Gasteiger partial charge in [-0.15, -0.1) is 0 Å². The number of para-hydroxylation sites is 1. The zero-order valence-corrected chi connectivity index (χ0v) is 13.1. The van der Waals surface area contributed by atoms with Crippen LogP contribution in [0.1, 0.15) is 39.5 Å². The first-order chi connectivity index (χ1) is 9.43. The van der Waals surface area contributed by atoms with E-state index < -0.39 is 10.0 Å². The summed E-state index contributed by atoms with van der Waals surface area (Å²) in [6.45, 7) is 4.65. The highest BCUT2D eigenvalue weighted by molar-refractivity contribution is 7.89. The predicted octanol–water partition coefficient (Wildman–Crippen LogP) is 2.86. The Morgan fingerprint density at radius 3 is 2.40 bits per heavy atom. The number of rotatable bonds is 5. The molecule has 0 saturated heterocycles. The lowest BCUT2D eigenvalue weighted by Gasteiger charge is -2.30. The number of nitrogen functional groups attached to an aromatic ring is 1. The van der Waals surface area contributed by atoms with Crippen molar-refractivity contribution in [2.45, 2.75) is 50.5 Å². The van der Waals surface area contributed by atoms with Crippen molar-refractivity contribution in [2.75, 3.05) is 12.3 Å². The molecule has 0 amide bonds. The molecule has 1 aliphatic carbocycles. The molecule has 5 heteroatoms. The maximum atomic E-state index is 12.9. The van der Waals surface area contributed by atoms with Gasteiger partial charge in [0.05, 0.1) is 5.69 Å². The van der Waals surface area contributed by atoms with E-state index in [-0.39, 0.29) is 10.9 Å². The van der Waals surface area contributed by atoms with Crippen molar-refractivity contribution in [3.05, 3.63) is 24.3 Å². The van der Waals surface area contributed by atoms with Crippen LogP contribution in [-0.4, -0.2) is 25.3 Å². The van der Waals surface area contributed by atoms with Crippen molar-refractivity contribution in [3.8, 4) is 0 Å². The molecule has 0 radical (unpaired) electrons. The van der Waals surface area contributed by atoms with Crippen LogP contribution in [0.25, 0.3) is 0 Å². The number of anilines is 1. The summed E-state index contributed by atoms with van der Waals surface area (Å²) in [5.74, 6) is 0.301. The van der Waals surface area contributed by atoms with Gasteiger partial charge in [0.15, 0.2) is 0 Å². The highest BCUT2D eigenvalue weighted by Gasteiger charge is 2.34. The van der Waals surface area contributed by atoms with Gasteiger partial charge >= 0.3 is 0 Å². The van der Waals surface area contributed by atoms with Crippen molar-refractivity contribution in [2.24, 2.45) is 5.92 Å². The SMILES string of the molecule is CC(C)CN(C1CCCC1)S(=O)(=O)c1ccccc1N. The molecule has 0 aliphatic heterocycles. The third kappa shape index (κ3) is 3.15. The van der Waals surface area contributed by atoms with Gasteiger partial charge in [0.2, 0.25) is 10.0 Å². The molecule has 1 aromatic rings. The maximum absolute atomic E-state index is 12.9. The minimum atomic E-state index is -3.50. The van der Waals surface area contributed by atoms with Gasteiger partial charge in [-0.2, -0.15) is 4.31 Å². The number of hydrogen-bond acceptors (Lipinski definition) is 3. The van der Waals surface area contributed by atoms with Crippen LogP contribution in [-0.2, 0) is 10.0 Å². The smallest absolute Gasteiger partial charge is 0.245 e. The molecular weight excluding hydrogens is 272 g/mol. The molecule has 2 N–H and O–H groups in total. The second-order valence-corrected chi connectivity index (χ2v) is 7.80. The molecule has 1 saturated carbocycles. The van der Waals surface area contributed by atoms with E-state index in [1.165, 1.54) is 0 Å². The molecule has 0 heterocycles. The van der Waals surface area contributed by atoms with Gasteiger partial charge < -0.3 is 5.73 Å². The van der Waals surface area contributed by atoms with E-state index in [4.69, 9.17) is 5.73 Å². The average Bonchev–Trinajstić information content (AvgIpc) is 2.89. The maximum Gasteiger partial charge on any atom is 0.245 e. The van der Waals surface area contributed by atoms with Crippen molar-refractivity contribution < 1.29 is 8.42 Å². The molecule has 0 atom stereocenters. The molecule has 1 aromatic carbocycles. The summed E-state index contributed by atoms with van der Waals surface area (Å²) in [7, 11) is -3.50. The van der Waals surface area contributed by atoms with E-state index in [1.54, 1.807) is 28.6 Å². The summed E-state index contributed by atoms with van der Waals surface area (Å²) in [6, 6.07) is 6.87. The van der Waals surface area contributed by atoms with Crippen LogP contribution in [0.2, 0.25) is 0 Å². The summed E-state index contributed by atoms with van der Waals surface area (Å²) < 4.78 is 27.5. The monoisotopic (exact) mass is 296 g/mol. The highest BCUT2D eigenvalue weighted by atomic mass is 32.2. The first-order valence-corrected chi connectivity index (χ1v) is 8.73. The first-order valence-electron chi connectivity index (χ1n) is 7.29. The van der Waals surface area contributed by atoms with E-state index in [0.29, 0.717) is 18.2 Å². The Kier molecular flexibility index (Phi) is 4.70. The van der Waals surface area contributed by atoms with Crippen LogP contribution in [0.5, 0.6) is 0 Å². The minimum Gasteiger partial charge on any atom is -0.398 e. The highest BCUT2D eigenvalue weighted by Crippen LogP contribution is 2.31. The Labute approximate surface area is 122 Å². The molecule has 0 aromatic heterocycles. The largest absolute Gasteiger partial charge is 0.398 e. The third-order valence-corrected chi connectivity index (χ3v) is 5.77. The molecule has 1 fully saturated rings. The molecule has 1 aliphatic rings. The van der Waals surface area contributed by atoms with Crippen molar-refractivity contribution in [1.82, 2.24) is 4.31 Å². The van der Waals surface area contributed by atoms with Crippen molar-refractivity contribution in [3.63, 3.8) is 0 Å². The summed E-state index contributed by atoms with van der Waals surface area (Å²) in [4.78, 5) is 0.243. The molecule has 0 spiro atoms. The second-order valence-electron chi connectivity index (χ2n) is 5.94. The lowest BCUT2D eigenvalue weighted by Crippen LogP contribution is -2.41. The molecular formula is C15H24N2O2S. The van der Waals surface area contributed by atoms with E-state index in [2.05, 4.69) is 0 Å². The predicted molar refractivity (Wildman–Crippen MR) is 81.8 cm³/mol. The zero-order valence-electron chi connectivity index (χ0n) is 12.2. The fourth-order valence-electron chi connectivity index (χ4n) is 2.84. The fraction of sp³-hybridized carbons (Fsp3) is 0.600. The molecule has 0 bridgehead atoms. The Hall–Kier alpha value is -1.07. The molecule has 112 valence electrons. The van der Waals surface area contributed by atoms with Gasteiger partial charge in [-0.05, 0) is 30.9 Å². The van der Waals surface area contributed by atoms with Crippen molar-refractivity contribution in [1.29, 1.82) is 0 Å². The first kappa shape index (κ1) is 15.3. The molecule has 4 nitrogen and oxygen atoms in total. The number of hydrogen-bond donors (Lipinski definition) is 1. The quantitative estimate of drug-likeness (QED) is 0.850. The standard InChI is InChI=1S/C15H24N2O2S/c1-12(2)11-17(13-7-3-4-8-13)20(18,19)15-10-6-5-9-14(15)16/h5-6,9-10,12-13H,3-4,7-8,11,16H2,1-2H3. The van der Waals surface area contributed by atoms with E-state index in [1.807, 2.05) is 13.8 Å². The Morgan fingerprint density at radius 2 is 1.85 bits per heavy atom. The van der Waals surface area contributed by atoms with Gasteiger partial charge in [-0.1, -0.05) is 38.8 Å². The van der Waals surface area contributed by atoms with Gasteiger partial charge in [0.25, 0.3) is 0 Å². The van der Waals surface area contributed by atoms with Gasteiger partial charge in [-0.25, -0.2) is 8.42 Å². The molecule has 2 rings (SSSR count). The van der Waals surface area contributed by atoms with Gasteiger partial charge in [0.1, 0.15) is 4.90 Å². The van der Waals surface area contributed by atoms with Crippen LogP contribution in [0.15, 0.2) is 29.2 Å². The Morgan fingerprint density at radius 1 is 1.25 bits per heavy atom. The summed E-state index contributed by atoms with van der Waals surface area (Å²) >= 11 is 0. The molecule has 0 unspecified atom stereocenters. The van der Waals surface area contributed by atoms with Crippen LogP contribution in [0.4, 0.5) is 5.69 Å². The van der Waals surface area contributed by atoms with Gasteiger partial charge in [-0.3, -0.25) is 0 Å². The summed E-state index contributed by atoms with van der Waals surface area (Å²) in [5, 5.41) is 0. The normalized spacial score (nSPS) is 17.2. The lowest BCUT2D eigenvalue weighted by molar-refractivity contribution is 0.292. The minimum absolute atomic E-state index is 0.127. The van der Waals surface area contributed by atoms with Crippen LogP contribution in [0.3, 0.4) is 0 Å². The third-order valence-electron chi connectivity index (χ3n) is 3.78. The van der Waals surface area contributed by atoms with Crippen LogP contribution >= 0.6 is 0 Å². The Bertz CT molecular complexity index is 549. The second kappa shape index (κ2) is 6.14. The van der Waals surface area contributed by atoms with Crippen molar-refractivity contribution >= 4 is 15.7 Å². The summed E-state index contributed by atoms with van der Waals surface area (Å²) in [6.07, 6.45) is 4.13. The zero-order chi connectivity index (χ0) is 14.8. The van der Waals surface area contributed by atoms with E-state index in [9.17, 15) is 8.42 Å². The topological polar surface area (TPSA) is 63.4 Å². The number of benzene rings is 1. The average molecular weight is 296 g/mol. The van der Waals surface area contributed by atoms with Crippen LogP contribution < -0.4 is 5.73 Å².